The van der Waals surface area contributed by atoms with Crippen LogP contribution >= 0.6 is 11.6 Å². The smallest absolute Gasteiger partial charge is 0.418 e. The van der Waals surface area contributed by atoms with Crippen molar-refractivity contribution in [3.05, 3.63) is 58.1 Å². The van der Waals surface area contributed by atoms with Crippen molar-refractivity contribution < 1.29 is 50.2 Å². The summed E-state index contributed by atoms with van der Waals surface area (Å²) < 4.78 is 73.6. The second kappa shape index (κ2) is 17.5. The molecule has 2 aromatic carbocycles. The number of nitrogen functional groups attached to an aromatic ring is 1. The van der Waals surface area contributed by atoms with E-state index >= 15 is 0 Å². The van der Waals surface area contributed by atoms with Gasteiger partial charge in [-0.2, -0.15) is 21.6 Å². The molecular formula is C35H47ClF3N7O8S. The highest BCUT2D eigenvalue weighted by atomic mass is 35.5. The van der Waals surface area contributed by atoms with Gasteiger partial charge in [0.1, 0.15) is 0 Å². The summed E-state index contributed by atoms with van der Waals surface area (Å²) in [4.78, 5) is 50.2. The molecule has 6 N–H and O–H groups in total. The van der Waals surface area contributed by atoms with Gasteiger partial charge in [0.25, 0.3) is 0 Å². The van der Waals surface area contributed by atoms with Crippen molar-refractivity contribution in [1.82, 2.24) is 24.5 Å². The van der Waals surface area contributed by atoms with Crippen molar-refractivity contribution >= 4 is 51.4 Å². The number of fused-ring (bicyclic) bond motifs is 1. The number of likely N-dealkylation sites (N-methyl/N-ethyl adjacent to an activating group) is 1. The van der Waals surface area contributed by atoms with Crippen LogP contribution in [0.15, 0.2) is 36.4 Å². The monoisotopic (exact) mass is 817 g/mol. The molecule has 2 unspecified atom stereocenters. The minimum atomic E-state index is -4.78. The van der Waals surface area contributed by atoms with Crippen molar-refractivity contribution in [1.29, 1.82) is 0 Å². The molecule has 15 nitrogen and oxygen atoms in total. The van der Waals surface area contributed by atoms with E-state index in [0.29, 0.717) is 44.2 Å². The molecule has 2 aromatic rings. The van der Waals surface area contributed by atoms with Crippen LogP contribution in [0.2, 0.25) is 5.02 Å². The number of amides is 4. The normalized spacial score (nSPS) is 22.5. The van der Waals surface area contributed by atoms with Gasteiger partial charge in [0, 0.05) is 76.2 Å². The number of anilines is 2. The third-order valence-corrected chi connectivity index (χ3v) is 11.3. The number of para-hydroxylation sites is 1. The van der Waals surface area contributed by atoms with Crippen LogP contribution in [0.5, 0.6) is 0 Å². The van der Waals surface area contributed by atoms with Crippen molar-refractivity contribution in [2.24, 2.45) is 5.92 Å². The fourth-order valence-corrected chi connectivity index (χ4v) is 8.40. The molecule has 3 atom stereocenters. The summed E-state index contributed by atoms with van der Waals surface area (Å²) in [5.41, 5.74) is 5.86. The lowest BCUT2D eigenvalue weighted by Gasteiger charge is -2.46. The molecule has 6 rings (SSSR count). The maximum atomic E-state index is 14.6. The van der Waals surface area contributed by atoms with E-state index in [-0.39, 0.29) is 41.9 Å². The van der Waals surface area contributed by atoms with Crippen LogP contribution in [-0.4, -0.2) is 143 Å². The van der Waals surface area contributed by atoms with E-state index in [1.54, 1.807) is 9.80 Å². The number of piperazine rings is 1. The predicted octanol–water partition coefficient (Wildman–Crippen LogP) is 4.29. The fourth-order valence-electron chi connectivity index (χ4n) is 8.16. The zero-order valence-corrected chi connectivity index (χ0v) is 31.9. The quantitative estimate of drug-likeness (QED) is 0.206. The van der Waals surface area contributed by atoms with E-state index < -0.39 is 51.9 Å². The lowest BCUT2D eigenvalue weighted by Crippen LogP contribution is -2.59. The number of carboxylic acid groups (broad SMARTS) is 1. The molecule has 4 aliphatic heterocycles. The number of hydrogen-bond acceptors (Lipinski definition) is 8. The Labute approximate surface area is 322 Å². The summed E-state index contributed by atoms with van der Waals surface area (Å²) >= 11 is 6.21. The zero-order chi connectivity index (χ0) is 40.2. The Bertz CT molecular complexity index is 1820. The standard InChI is InChI=1S/C35H45ClF3N7O4.H2O4S/c1-42-14-16-43(17-15-42)24-7-10-44(11-8-24)32(47)26(18-22-19-27(35(37,38)39)31(40)28(36)20-22)30-21-25(9-13-46(30)34(49)50)45-12-6-23-4-2-3-5-29(23)41-33(45)48;1-5(2,3)4/h2-5,19-20,24-26,30H,6-18,21,40H2,1H3,(H,41,48)(H,49,50);(H2,1,2,3,4)/t25?,26?,30-;/m1./s1. The molecular weight excluding hydrogens is 771 g/mol. The number of likely N-dealkylation sites (tertiary alicyclic amines) is 2. The van der Waals surface area contributed by atoms with E-state index in [0.717, 1.165) is 50.7 Å². The van der Waals surface area contributed by atoms with Gasteiger partial charge in [-0.15, -0.1) is 0 Å². The number of hydrogen-bond donors (Lipinski definition) is 5. The zero-order valence-electron chi connectivity index (χ0n) is 30.3. The molecule has 304 valence electrons. The minimum absolute atomic E-state index is 0.0625. The van der Waals surface area contributed by atoms with Crippen LogP contribution in [0.1, 0.15) is 42.4 Å². The minimum Gasteiger partial charge on any atom is -0.465 e. The first-order valence-electron chi connectivity index (χ1n) is 18.0. The third kappa shape index (κ3) is 10.9. The molecule has 0 spiro atoms. The summed E-state index contributed by atoms with van der Waals surface area (Å²) in [5.74, 6) is -1.34. The second-order valence-electron chi connectivity index (χ2n) is 14.4. The topological polar surface area (TPSA) is 200 Å². The molecule has 0 radical (unpaired) electrons. The number of nitrogens with zero attached hydrogens (tertiary/aromatic N) is 5. The number of piperidine rings is 2. The van der Waals surface area contributed by atoms with Gasteiger partial charge in [-0.25, -0.2) is 9.59 Å². The SMILES string of the molecule is CN1CCN(C2CCN(C(=O)C(Cc3cc(Cl)c(N)c(C(F)(F)F)c3)[C@H]3CC(N4CCc5ccccc5NC4=O)CCN3C(=O)O)CC2)CC1.O=S(=O)(O)O. The fraction of sp³-hybridized carbons (Fsp3) is 0.571. The number of alkyl halides is 3. The van der Waals surface area contributed by atoms with E-state index in [1.807, 2.05) is 24.3 Å². The van der Waals surface area contributed by atoms with Crippen LogP contribution in [0.3, 0.4) is 0 Å². The van der Waals surface area contributed by atoms with Gasteiger partial charge in [0.05, 0.1) is 22.2 Å². The maximum Gasteiger partial charge on any atom is 0.418 e. The van der Waals surface area contributed by atoms with Crippen molar-refractivity contribution in [3.8, 4) is 0 Å². The van der Waals surface area contributed by atoms with Gasteiger partial charge < -0.3 is 35.8 Å². The summed E-state index contributed by atoms with van der Waals surface area (Å²) in [6.07, 6.45) is -3.59. The number of carbonyl (C=O) groups excluding carboxylic acids is 2. The summed E-state index contributed by atoms with van der Waals surface area (Å²) in [7, 11) is -2.57. The van der Waals surface area contributed by atoms with Crippen molar-refractivity contribution in [2.45, 2.75) is 62.8 Å². The maximum absolute atomic E-state index is 14.6. The van der Waals surface area contributed by atoms with Gasteiger partial charge in [-0.3, -0.25) is 18.8 Å². The highest BCUT2D eigenvalue weighted by Gasteiger charge is 2.45. The number of halogens is 4. The molecule has 0 aliphatic carbocycles. The summed E-state index contributed by atoms with van der Waals surface area (Å²) in [6.45, 7) is 5.21. The van der Waals surface area contributed by atoms with Crippen LogP contribution in [0.4, 0.5) is 34.1 Å². The van der Waals surface area contributed by atoms with Gasteiger partial charge in [-0.1, -0.05) is 29.8 Å². The van der Waals surface area contributed by atoms with E-state index in [2.05, 4.69) is 22.2 Å². The lowest BCUT2D eigenvalue weighted by atomic mass is 9.82. The molecule has 3 saturated heterocycles. The van der Waals surface area contributed by atoms with Gasteiger partial charge >= 0.3 is 28.7 Å². The van der Waals surface area contributed by atoms with Gasteiger partial charge in [0.15, 0.2) is 0 Å². The van der Waals surface area contributed by atoms with E-state index in [1.165, 1.54) is 11.0 Å². The number of carbonyl (C=O) groups is 3. The van der Waals surface area contributed by atoms with Gasteiger partial charge in [0.2, 0.25) is 5.91 Å². The largest absolute Gasteiger partial charge is 0.465 e. The first-order valence-corrected chi connectivity index (χ1v) is 19.8. The summed E-state index contributed by atoms with van der Waals surface area (Å²) in [6, 6.07) is 8.47. The molecule has 0 bridgehead atoms. The first-order chi connectivity index (χ1) is 25.8. The highest BCUT2D eigenvalue weighted by Crippen LogP contribution is 2.40. The average molecular weight is 818 g/mol. The van der Waals surface area contributed by atoms with Crippen molar-refractivity contribution in [2.75, 3.05) is 70.5 Å². The Morgan fingerprint density at radius 3 is 2.22 bits per heavy atom. The molecule has 4 aliphatic rings. The second-order valence-corrected chi connectivity index (χ2v) is 15.7. The van der Waals surface area contributed by atoms with E-state index in [4.69, 9.17) is 34.9 Å². The van der Waals surface area contributed by atoms with E-state index in [9.17, 15) is 32.7 Å². The Morgan fingerprint density at radius 2 is 1.60 bits per heavy atom. The Morgan fingerprint density at radius 1 is 0.982 bits per heavy atom. The average Bonchev–Trinajstić information content (AvgIpc) is 3.28. The molecule has 4 amide bonds. The number of rotatable bonds is 6. The number of nitrogens with one attached hydrogen (secondary N) is 1. The molecule has 0 aromatic heterocycles. The molecule has 0 saturated carbocycles. The molecule has 20 heteroatoms. The molecule has 4 heterocycles. The predicted molar refractivity (Wildman–Crippen MR) is 198 cm³/mol. The number of urea groups is 1. The number of benzene rings is 2. The first kappa shape index (κ1) is 42.3. The lowest BCUT2D eigenvalue weighted by molar-refractivity contribution is -0.140. The third-order valence-electron chi connectivity index (χ3n) is 11.0. The van der Waals surface area contributed by atoms with Crippen LogP contribution in [0, 0.1) is 5.92 Å². The molecule has 3 fully saturated rings. The molecule has 55 heavy (non-hydrogen) atoms. The van der Waals surface area contributed by atoms with Crippen LogP contribution in [-0.2, 0) is 34.2 Å². The summed E-state index contributed by atoms with van der Waals surface area (Å²) in [5, 5.41) is 13.1. The van der Waals surface area contributed by atoms with Crippen LogP contribution < -0.4 is 11.1 Å². The van der Waals surface area contributed by atoms with Crippen molar-refractivity contribution in [3.63, 3.8) is 0 Å². The van der Waals surface area contributed by atoms with Gasteiger partial charge in [-0.05, 0) is 74.9 Å². The Hall–Kier alpha value is -3.88. The Balaban J connectivity index is 0.00000109. The van der Waals surface area contributed by atoms with Crippen LogP contribution in [0.25, 0.3) is 0 Å². The number of nitrogens with two attached hydrogens (primary N) is 1. The Kier molecular flexibility index (Phi) is 13.5. The highest BCUT2D eigenvalue weighted by molar-refractivity contribution is 7.79.